The summed E-state index contributed by atoms with van der Waals surface area (Å²) in [7, 11) is 0. The van der Waals surface area contributed by atoms with E-state index in [-0.39, 0.29) is 55.0 Å². The molecule has 59 heavy (non-hydrogen) atoms. The van der Waals surface area contributed by atoms with Gasteiger partial charge in [0.15, 0.2) is 0 Å². The van der Waals surface area contributed by atoms with E-state index < -0.39 is 76.1 Å². The SMILES string of the molecule is CC(=O)N(C1CN(C(=O)[C@@H]2C[C@H](S)CN2C(=O)OCc2ccc([N+](=O)[O-])cc2)C1)N(C(=O)OCc1ccc([N+](=O)[O-])cc1)C(N)=NC(=O)OCc1ccc([N+](=O)[O-])cc1. The topological polar surface area (TPSA) is 294 Å². The van der Waals surface area contributed by atoms with Crippen molar-refractivity contribution in [2.24, 2.45) is 10.7 Å². The second-order valence-corrected chi connectivity index (χ2v) is 13.8. The molecule has 0 unspecified atom stereocenters. The van der Waals surface area contributed by atoms with E-state index in [0.717, 1.165) is 11.9 Å². The Morgan fingerprint density at radius 3 is 1.63 bits per heavy atom. The molecule has 0 bridgehead atoms. The second kappa shape index (κ2) is 18.7. The number of benzene rings is 3. The average Bonchev–Trinajstić information content (AvgIpc) is 3.59. The Morgan fingerprint density at radius 2 is 1.19 bits per heavy atom. The molecule has 2 atom stereocenters. The quantitative estimate of drug-likeness (QED) is 0.0695. The van der Waals surface area contributed by atoms with Crippen LogP contribution < -0.4 is 5.73 Å². The maximum absolute atomic E-state index is 13.7. The van der Waals surface area contributed by atoms with Gasteiger partial charge in [-0.15, -0.1) is 10.0 Å². The molecular formula is C35H35N9O14S. The van der Waals surface area contributed by atoms with Crippen LogP contribution in [0.3, 0.4) is 0 Å². The third-order valence-corrected chi connectivity index (χ3v) is 9.35. The number of carbonyl (C=O) groups excluding carboxylic acids is 5. The molecule has 0 saturated carbocycles. The minimum atomic E-state index is -1.31. The average molecular weight is 838 g/mol. The van der Waals surface area contributed by atoms with Gasteiger partial charge in [-0.25, -0.2) is 19.4 Å². The molecule has 23 nitrogen and oxygen atoms in total. The van der Waals surface area contributed by atoms with Gasteiger partial charge < -0.3 is 24.8 Å². The number of nitrogens with two attached hydrogens (primary N) is 1. The second-order valence-electron chi connectivity index (χ2n) is 13.0. The van der Waals surface area contributed by atoms with Crippen LogP contribution in [0.2, 0.25) is 0 Å². The molecular weight excluding hydrogens is 803 g/mol. The lowest BCUT2D eigenvalue weighted by Gasteiger charge is -2.48. The molecule has 0 spiro atoms. The zero-order valence-electron chi connectivity index (χ0n) is 30.9. The van der Waals surface area contributed by atoms with Crippen molar-refractivity contribution in [2.75, 3.05) is 19.6 Å². The number of hydrazine groups is 1. The molecule has 2 saturated heterocycles. The minimum Gasteiger partial charge on any atom is -0.445 e. The summed E-state index contributed by atoms with van der Waals surface area (Å²) in [6, 6.07) is 13.5. The van der Waals surface area contributed by atoms with Crippen LogP contribution >= 0.6 is 12.6 Å². The Morgan fingerprint density at radius 1 is 0.746 bits per heavy atom. The number of likely N-dealkylation sites (tertiary alicyclic amines) is 2. The number of aliphatic imine (C=N–C) groups is 1. The number of nitrogens with zero attached hydrogens (tertiary/aromatic N) is 8. The lowest BCUT2D eigenvalue weighted by atomic mass is 10.1. The lowest BCUT2D eigenvalue weighted by molar-refractivity contribution is -0.385. The fraction of sp³-hybridized carbons (Fsp3) is 0.314. The largest absolute Gasteiger partial charge is 0.445 e. The number of nitro benzene ring substituents is 3. The third-order valence-electron chi connectivity index (χ3n) is 8.98. The van der Waals surface area contributed by atoms with Crippen molar-refractivity contribution in [1.82, 2.24) is 19.8 Å². The van der Waals surface area contributed by atoms with Crippen molar-refractivity contribution >= 4 is 65.7 Å². The number of rotatable bonds is 11. The monoisotopic (exact) mass is 837 g/mol. The van der Waals surface area contributed by atoms with Gasteiger partial charge in [0.2, 0.25) is 17.8 Å². The zero-order valence-corrected chi connectivity index (χ0v) is 31.8. The van der Waals surface area contributed by atoms with Crippen LogP contribution in [0.5, 0.6) is 0 Å². The van der Waals surface area contributed by atoms with Crippen molar-refractivity contribution in [3.05, 3.63) is 120 Å². The van der Waals surface area contributed by atoms with E-state index in [1.54, 1.807) is 0 Å². The van der Waals surface area contributed by atoms with Gasteiger partial charge in [0, 0.05) is 68.2 Å². The molecule has 2 aliphatic rings. The number of non-ortho nitro benzene ring substituents is 3. The molecule has 0 aromatic heterocycles. The first-order chi connectivity index (χ1) is 28.0. The van der Waals surface area contributed by atoms with Gasteiger partial charge in [-0.2, -0.15) is 12.6 Å². The van der Waals surface area contributed by atoms with Gasteiger partial charge in [0.05, 0.1) is 20.8 Å². The molecule has 2 aliphatic heterocycles. The maximum atomic E-state index is 13.7. The fourth-order valence-electron chi connectivity index (χ4n) is 6.00. The van der Waals surface area contributed by atoms with Gasteiger partial charge in [-0.05, 0) is 59.5 Å². The highest BCUT2D eigenvalue weighted by molar-refractivity contribution is 7.81. The molecule has 3 aromatic rings. The Kier molecular flexibility index (Phi) is 13.6. The smallest absolute Gasteiger partial charge is 0.437 e. The lowest BCUT2D eigenvalue weighted by Crippen LogP contribution is -2.70. The number of hydrogen-bond acceptors (Lipinski definition) is 15. The van der Waals surface area contributed by atoms with Crippen LogP contribution in [0.4, 0.5) is 31.4 Å². The summed E-state index contributed by atoms with van der Waals surface area (Å²) in [5, 5.41) is 33.9. The molecule has 3 aromatic carbocycles. The molecule has 2 N–H and O–H groups in total. The van der Waals surface area contributed by atoms with Gasteiger partial charge in [0.25, 0.3) is 17.1 Å². The molecule has 24 heteroatoms. The van der Waals surface area contributed by atoms with Crippen molar-refractivity contribution in [3.8, 4) is 0 Å². The van der Waals surface area contributed by atoms with E-state index in [1.807, 2.05) is 0 Å². The Balaban J connectivity index is 1.28. The maximum Gasteiger partial charge on any atom is 0.437 e. The summed E-state index contributed by atoms with van der Waals surface area (Å²) in [5.74, 6) is -2.18. The number of hydrogen-bond donors (Lipinski definition) is 2. The van der Waals surface area contributed by atoms with Gasteiger partial charge in [-0.3, -0.25) is 44.8 Å². The van der Waals surface area contributed by atoms with Crippen molar-refractivity contribution < 1.29 is 53.0 Å². The summed E-state index contributed by atoms with van der Waals surface area (Å²) >= 11 is 4.45. The van der Waals surface area contributed by atoms with Crippen LogP contribution in [-0.2, 0) is 43.6 Å². The Labute approximate surface area is 338 Å². The molecule has 5 rings (SSSR count). The standard InChI is InChI=1S/C35H35N9O14S/c1-21(45)40(28-15-38(16-28)31(46)30-14-29(59)17-39(30)34(48)57-19-23-4-10-26(11-5-23)43(52)53)41(35(49)58-20-24-6-12-27(13-7-24)44(54)55)32(36)37-33(47)56-18-22-2-8-25(9-3-22)42(50)51/h2-13,28-30,59H,14-20H2,1H3,(H2,36,37,47)/t29-,30-/m0/s1. The number of thiol groups is 1. The first-order valence-corrected chi connectivity index (χ1v) is 17.9. The molecule has 2 heterocycles. The predicted molar refractivity (Wildman–Crippen MR) is 204 cm³/mol. The van der Waals surface area contributed by atoms with Crippen molar-refractivity contribution in [3.63, 3.8) is 0 Å². The van der Waals surface area contributed by atoms with Gasteiger partial charge >= 0.3 is 18.3 Å². The fourth-order valence-corrected chi connectivity index (χ4v) is 6.37. The Hall–Kier alpha value is -7.37. The van der Waals surface area contributed by atoms with Crippen LogP contribution in [0.25, 0.3) is 0 Å². The normalized spacial score (nSPS) is 16.3. The van der Waals surface area contributed by atoms with E-state index >= 15 is 0 Å². The van der Waals surface area contributed by atoms with Crippen molar-refractivity contribution in [2.45, 2.75) is 50.5 Å². The van der Waals surface area contributed by atoms with Crippen LogP contribution in [-0.4, -0.2) is 108 Å². The summed E-state index contributed by atoms with van der Waals surface area (Å²) in [5.41, 5.74) is 6.70. The van der Waals surface area contributed by atoms with Crippen molar-refractivity contribution in [1.29, 1.82) is 0 Å². The van der Waals surface area contributed by atoms with E-state index in [0.29, 0.717) is 21.7 Å². The molecule has 310 valence electrons. The third kappa shape index (κ3) is 10.7. The summed E-state index contributed by atoms with van der Waals surface area (Å²) in [6.45, 7) is -0.305. The zero-order chi connectivity index (χ0) is 43.0. The van der Waals surface area contributed by atoms with Gasteiger partial charge in [-0.1, -0.05) is 0 Å². The van der Waals surface area contributed by atoms with E-state index in [9.17, 15) is 54.3 Å². The van der Waals surface area contributed by atoms with E-state index in [4.69, 9.17) is 19.9 Å². The number of carbonyl (C=O) groups is 5. The number of guanidine groups is 1. The van der Waals surface area contributed by atoms with Gasteiger partial charge in [0.1, 0.15) is 25.9 Å². The van der Waals surface area contributed by atoms with E-state index in [2.05, 4.69) is 17.6 Å². The van der Waals surface area contributed by atoms with E-state index in [1.165, 1.54) is 82.6 Å². The highest BCUT2D eigenvalue weighted by atomic mass is 32.1. The summed E-state index contributed by atoms with van der Waals surface area (Å²) in [6.07, 6.45) is -3.28. The minimum absolute atomic E-state index is 0.0666. The molecule has 0 aliphatic carbocycles. The first-order valence-electron chi connectivity index (χ1n) is 17.4. The molecule has 0 radical (unpaired) electrons. The van der Waals surface area contributed by atoms with Crippen LogP contribution in [0, 0.1) is 30.3 Å². The number of ether oxygens (including phenoxy) is 3. The predicted octanol–water partition coefficient (Wildman–Crippen LogP) is 3.69. The summed E-state index contributed by atoms with van der Waals surface area (Å²) < 4.78 is 15.8. The number of amides is 5. The first kappa shape index (κ1) is 42.8. The molecule has 5 amide bonds. The Bertz CT molecular complexity index is 2150. The number of nitro groups is 3. The summed E-state index contributed by atoms with van der Waals surface area (Å²) in [4.78, 5) is 104. The highest BCUT2D eigenvalue weighted by Gasteiger charge is 2.47. The van der Waals surface area contributed by atoms with Crippen LogP contribution in [0.15, 0.2) is 77.8 Å². The molecule has 2 fully saturated rings. The van der Waals surface area contributed by atoms with Crippen LogP contribution in [0.1, 0.15) is 30.0 Å². The highest BCUT2D eigenvalue weighted by Crippen LogP contribution is 2.28.